The summed E-state index contributed by atoms with van der Waals surface area (Å²) in [4.78, 5) is 4.42. The number of hydrogen-bond donors (Lipinski definition) is 2. The molecule has 0 bridgehead atoms. The lowest BCUT2D eigenvalue weighted by Crippen LogP contribution is -2.22. The maximum atomic E-state index is 13.6. The summed E-state index contributed by atoms with van der Waals surface area (Å²) in [6.45, 7) is 2.08. The number of benzene rings is 3. The van der Waals surface area contributed by atoms with Crippen molar-refractivity contribution in [3.8, 4) is 5.75 Å². The molecular formula is C20H20FN3O. The number of fused-ring (bicyclic) bond motifs is 1. The summed E-state index contributed by atoms with van der Waals surface area (Å²) in [7, 11) is 1.60. The van der Waals surface area contributed by atoms with Gasteiger partial charge in [0.2, 0.25) is 0 Å². The lowest BCUT2D eigenvalue weighted by molar-refractivity contribution is 0.417. The number of hydrogen-bond acceptors (Lipinski definition) is 2. The van der Waals surface area contributed by atoms with E-state index in [2.05, 4.69) is 17.2 Å². The first kappa shape index (κ1) is 16.8. The minimum Gasteiger partial charge on any atom is -0.495 e. The van der Waals surface area contributed by atoms with Crippen molar-refractivity contribution in [1.82, 2.24) is 0 Å². The third-order valence-electron chi connectivity index (χ3n) is 4.00. The number of methoxy groups -OCH3 is 1. The number of rotatable bonds is 4. The van der Waals surface area contributed by atoms with E-state index in [-0.39, 0.29) is 11.8 Å². The summed E-state index contributed by atoms with van der Waals surface area (Å²) in [5, 5.41) is 4.69. The smallest absolute Gasteiger partial charge is 0.198 e. The molecular weight excluding hydrogens is 317 g/mol. The van der Waals surface area contributed by atoms with Crippen LogP contribution in [0.15, 0.2) is 59.6 Å². The summed E-state index contributed by atoms with van der Waals surface area (Å²) in [5.41, 5.74) is 8.58. The highest BCUT2D eigenvalue weighted by atomic mass is 19.1. The van der Waals surface area contributed by atoms with E-state index >= 15 is 0 Å². The molecule has 0 aliphatic heterocycles. The Balaban J connectivity index is 1.96. The third-order valence-corrected chi connectivity index (χ3v) is 4.00. The summed E-state index contributed by atoms with van der Waals surface area (Å²) >= 11 is 0. The Morgan fingerprint density at radius 3 is 2.76 bits per heavy atom. The van der Waals surface area contributed by atoms with Crippen LogP contribution in [0.25, 0.3) is 10.8 Å². The molecule has 3 rings (SSSR count). The maximum absolute atomic E-state index is 13.6. The van der Waals surface area contributed by atoms with Gasteiger partial charge in [0, 0.05) is 5.39 Å². The molecule has 4 nitrogen and oxygen atoms in total. The number of aryl methyl sites for hydroxylation is 1. The van der Waals surface area contributed by atoms with Crippen molar-refractivity contribution in [1.29, 1.82) is 0 Å². The van der Waals surface area contributed by atoms with Crippen LogP contribution < -0.4 is 15.8 Å². The molecule has 0 saturated heterocycles. The van der Waals surface area contributed by atoms with E-state index in [1.54, 1.807) is 19.2 Å². The SMILES string of the molecule is CCc1ccc(OC)c(NC(N)=Nc2cccc3ccc(F)cc23)c1. The van der Waals surface area contributed by atoms with E-state index in [0.717, 1.165) is 23.1 Å². The number of anilines is 1. The van der Waals surface area contributed by atoms with Gasteiger partial charge in [-0.3, -0.25) is 0 Å². The number of ether oxygens (including phenoxy) is 1. The van der Waals surface area contributed by atoms with Gasteiger partial charge in [-0.15, -0.1) is 0 Å². The average molecular weight is 337 g/mol. The van der Waals surface area contributed by atoms with Crippen molar-refractivity contribution in [2.75, 3.05) is 12.4 Å². The summed E-state index contributed by atoms with van der Waals surface area (Å²) in [5.74, 6) is 0.585. The zero-order valence-electron chi connectivity index (χ0n) is 14.2. The number of aliphatic imine (C=N–C) groups is 1. The molecule has 0 fully saturated rings. The van der Waals surface area contributed by atoms with Gasteiger partial charge in [-0.25, -0.2) is 9.38 Å². The summed E-state index contributed by atoms with van der Waals surface area (Å²) < 4.78 is 18.9. The molecule has 3 aromatic rings. The standard InChI is InChI=1S/C20H20FN3O/c1-3-13-7-10-19(25-2)18(11-13)24-20(22)23-17-6-4-5-14-8-9-15(21)12-16(14)17/h4-12H,3H2,1-2H3,(H3,22,23,24). The third kappa shape index (κ3) is 3.71. The monoisotopic (exact) mass is 337 g/mol. The minimum absolute atomic E-state index is 0.211. The largest absolute Gasteiger partial charge is 0.495 e. The van der Waals surface area contributed by atoms with Gasteiger partial charge in [0.15, 0.2) is 5.96 Å². The molecule has 3 aromatic carbocycles. The lowest BCUT2D eigenvalue weighted by atomic mass is 10.1. The molecule has 0 spiro atoms. The number of nitrogens with two attached hydrogens (primary N) is 1. The van der Waals surface area contributed by atoms with Crippen molar-refractivity contribution in [2.24, 2.45) is 10.7 Å². The first-order valence-corrected chi connectivity index (χ1v) is 8.07. The highest BCUT2D eigenvalue weighted by Gasteiger charge is 2.07. The highest BCUT2D eigenvalue weighted by molar-refractivity contribution is 6.00. The molecule has 25 heavy (non-hydrogen) atoms. The zero-order chi connectivity index (χ0) is 17.8. The van der Waals surface area contributed by atoms with Crippen LogP contribution in [0.2, 0.25) is 0 Å². The van der Waals surface area contributed by atoms with Crippen LogP contribution in [-0.4, -0.2) is 13.1 Å². The van der Waals surface area contributed by atoms with E-state index in [4.69, 9.17) is 10.5 Å². The number of nitrogens with zero attached hydrogens (tertiary/aromatic N) is 1. The molecule has 0 heterocycles. The van der Waals surface area contributed by atoms with Crippen LogP contribution in [-0.2, 0) is 6.42 Å². The topological polar surface area (TPSA) is 59.6 Å². The van der Waals surface area contributed by atoms with Crippen molar-refractivity contribution in [2.45, 2.75) is 13.3 Å². The molecule has 5 heteroatoms. The van der Waals surface area contributed by atoms with Gasteiger partial charge in [0.1, 0.15) is 11.6 Å². The second kappa shape index (κ2) is 7.21. The Hall–Kier alpha value is -3.08. The first-order valence-electron chi connectivity index (χ1n) is 8.07. The average Bonchev–Trinajstić information content (AvgIpc) is 2.62. The molecule has 0 saturated carbocycles. The van der Waals surface area contributed by atoms with E-state index in [1.165, 1.54) is 12.1 Å². The van der Waals surface area contributed by atoms with E-state index in [1.807, 2.05) is 30.3 Å². The molecule has 0 radical (unpaired) electrons. The fraction of sp³-hybridized carbons (Fsp3) is 0.150. The van der Waals surface area contributed by atoms with Gasteiger partial charge in [-0.1, -0.05) is 31.2 Å². The molecule has 0 unspecified atom stereocenters. The highest BCUT2D eigenvalue weighted by Crippen LogP contribution is 2.28. The Bertz CT molecular complexity index is 937. The minimum atomic E-state index is -0.306. The molecule has 0 atom stereocenters. The maximum Gasteiger partial charge on any atom is 0.198 e. The predicted octanol–water partition coefficient (Wildman–Crippen LogP) is 4.61. The van der Waals surface area contributed by atoms with Crippen molar-refractivity contribution < 1.29 is 9.13 Å². The van der Waals surface area contributed by atoms with Gasteiger partial charge in [0.25, 0.3) is 0 Å². The summed E-state index contributed by atoms with van der Waals surface area (Å²) in [6, 6.07) is 16.1. The van der Waals surface area contributed by atoms with E-state index in [9.17, 15) is 4.39 Å². The molecule has 128 valence electrons. The number of guanidine groups is 1. The van der Waals surface area contributed by atoms with Crippen LogP contribution in [0.1, 0.15) is 12.5 Å². The van der Waals surface area contributed by atoms with E-state index in [0.29, 0.717) is 16.8 Å². The lowest BCUT2D eigenvalue weighted by Gasteiger charge is -2.12. The Labute approximate surface area is 146 Å². The van der Waals surface area contributed by atoms with E-state index < -0.39 is 0 Å². The molecule has 0 amide bonds. The van der Waals surface area contributed by atoms with Crippen LogP contribution >= 0.6 is 0 Å². The Morgan fingerprint density at radius 2 is 2.00 bits per heavy atom. The van der Waals surface area contributed by atoms with Crippen LogP contribution in [0, 0.1) is 5.82 Å². The molecule has 0 aliphatic rings. The van der Waals surface area contributed by atoms with Gasteiger partial charge in [-0.2, -0.15) is 0 Å². The van der Waals surface area contributed by atoms with Crippen LogP contribution in [0.4, 0.5) is 15.8 Å². The Morgan fingerprint density at radius 1 is 1.16 bits per heavy atom. The summed E-state index contributed by atoms with van der Waals surface area (Å²) in [6.07, 6.45) is 0.901. The normalized spacial score (nSPS) is 11.6. The van der Waals surface area contributed by atoms with Gasteiger partial charge in [0.05, 0.1) is 18.5 Å². The quantitative estimate of drug-likeness (QED) is 0.540. The number of nitrogens with one attached hydrogen (secondary N) is 1. The molecule has 0 aliphatic carbocycles. The molecule has 3 N–H and O–H groups in total. The zero-order valence-corrected chi connectivity index (χ0v) is 14.2. The molecule has 0 aromatic heterocycles. The van der Waals surface area contributed by atoms with Gasteiger partial charge in [-0.05, 0) is 47.7 Å². The number of halogens is 1. The predicted molar refractivity (Wildman–Crippen MR) is 101 cm³/mol. The Kier molecular flexibility index (Phi) is 4.84. The van der Waals surface area contributed by atoms with Gasteiger partial charge >= 0.3 is 0 Å². The van der Waals surface area contributed by atoms with Crippen molar-refractivity contribution >= 4 is 28.1 Å². The van der Waals surface area contributed by atoms with Gasteiger partial charge < -0.3 is 15.8 Å². The fourth-order valence-electron chi connectivity index (χ4n) is 2.69. The van der Waals surface area contributed by atoms with Crippen LogP contribution in [0.3, 0.4) is 0 Å². The second-order valence-electron chi connectivity index (χ2n) is 5.65. The first-order chi connectivity index (χ1) is 12.1. The van der Waals surface area contributed by atoms with Crippen molar-refractivity contribution in [3.63, 3.8) is 0 Å². The fourth-order valence-corrected chi connectivity index (χ4v) is 2.69. The van der Waals surface area contributed by atoms with Crippen molar-refractivity contribution in [3.05, 3.63) is 66.0 Å². The van der Waals surface area contributed by atoms with Crippen LogP contribution in [0.5, 0.6) is 5.75 Å². The second-order valence-corrected chi connectivity index (χ2v) is 5.65.